The van der Waals surface area contributed by atoms with E-state index in [-0.39, 0.29) is 6.04 Å². The molecule has 3 N–H and O–H groups in total. The fourth-order valence-electron chi connectivity index (χ4n) is 5.11. The van der Waals surface area contributed by atoms with Crippen molar-refractivity contribution in [3.05, 3.63) is 24.3 Å². The number of rotatable bonds is 32. The fraction of sp³-hybridized carbons (Fsp3) is 0.889. The van der Waals surface area contributed by atoms with Crippen LogP contribution in [-0.4, -0.2) is 30.5 Å². The van der Waals surface area contributed by atoms with Gasteiger partial charge in [-0.3, -0.25) is 0 Å². The molecular weight excluding hydrogens is 478 g/mol. The highest BCUT2D eigenvalue weighted by Crippen LogP contribution is 2.14. The van der Waals surface area contributed by atoms with E-state index in [0.29, 0.717) is 6.61 Å². The van der Waals surface area contributed by atoms with Gasteiger partial charge in [0, 0.05) is 6.61 Å². The number of unbranched alkanes of at least 4 members (excludes halogenated alkanes) is 21. The lowest BCUT2D eigenvalue weighted by atomic mass is 10.0. The Balaban J connectivity index is 3.33. The molecule has 0 aromatic heterocycles. The maximum Gasteiger partial charge on any atom is 0.0713 e. The summed E-state index contributed by atoms with van der Waals surface area (Å²) in [6.07, 6.45) is 42.4. The van der Waals surface area contributed by atoms with E-state index < -0.39 is 6.10 Å². The average Bonchev–Trinajstić information content (AvgIpc) is 2.94. The van der Waals surface area contributed by atoms with Crippen LogP contribution in [0.1, 0.15) is 181 Å². The second kappa shape index (κ2) is 33.6. The van der Waals surface area contributed by atoms with Crippen LogP contribution >= 0.6 is 0 Å². The van der Waals surface area contributed by atoms with Crippen molar-refractivity contribution in [2.75, 3.05) is 13.2 Å². The van der Waals surface area contributed by atoms with Gasteiger partial charge in [0.15, 0.2) is 0 Å². The molecule has 0 heterocycles. The van der Waals surface area contributed by atoms with Crippen molar-refractivity contribution >= 4 is 0 Å². The SMILES string of the molecule is CCCCC/C=C\C/C=C\CCCCCCCCOCC(N)C(O)CCCCCCCCCCCCCCC. The van der Waals surface area contributed by atoms with Gasteiger partial charge in [-0.1, -0.05) is 160 Å². The van der Waals surface area contributed by atoms with Gasteiger partial charge in [0.05, 0.1) is 18.8 Å². The van der Waals surface area contributed by atoms with Crippen LogP contribution in [0.25, 0.3) is 0 Å². The number of aliphatic hydroxyl groups is 1. The van der Waals surface area contributed by atoms with Gasteiger partial charge in [0.2, 0.25) is 0 Å². The molecule has 0 aromatic rings. The van der Waals surface area contributed by atoms with Gasteiger partial charge in [-0.2, -0.15) is 0 Å². The molecule has 3 heteroatoms. The minimum Gasteiger partial charge on any atom is -0.391 e. The zero-order valence-electron chi connectivity index (χ0n) is 26.7. The lowest BCUT2D eigenvalue weighted by molar-refractivity contribution is 0.0560. The number of hydrogen-bond donors (Lipinski definition) is 2. The third-order valence-corrected chi connectivity index (χ3v) is 7.90. The molecule has 0 spiro atoms. The maximum absolute atomic E-state index is 10.3. The first kappa shape index (κ1) is 38.4. The minimum atomic E-state index is -0.423. The lowest BCUT2D eigenvalue weighted by Crippen LogP contribution is -2.38. The van der Waals surface area contributed by atoms with Gasteiger partial charge < -0.3 is 15.6 Å². The third kappa shape index (κ3) is 31.7. The molecule has 0 bridgehead atoms. The predicted octanol–water partition coefficient (Wildman–Crippen LogP) is 11.0. The molecule has 0 aliphatic rings. The van der Waals surface area contributed by atoms with Gasteiger partial charge in [0.1, 0.15) is 0 Å². The lowest BCUT2D eigenvalue weighted by Gasteiger charge is -2.18. The van der Waals surface area contributed by atoms with Crippen molar-refractivity contribution in [3.63, 3.8) is 0 Å². The molecule has 0 rings (SSSR count). The number of hydrogen-bond acceptors (Lipinski definition) is 3. The summed E-state index contributed by atoms with van der Waals surface area (Å²) < 4.78 is 5.75. The highest BCUT2D eigenvalue weighted by molar-refractivity contribution is 4.92. The molecule has 39 heavy (non-hydrogen) atoms. The van der Waals surface area contributed by atoms with Gasteiger partial charge >= 0.3 is 0 Å². The predicted molar refractivity (Wildman–Crippen MR) is 174 cm³/mol. The molecule has 0 aliphatic carbocycles. The van der Waals surface area contributed by atoms with Crippen LogP contribution in [0.3, 0.4) is 0 Å². The summed E-state index contributed by atoms with van der Waals surface area (Å²) in [5.74, 6) is 0. The van der Waals surface area contributed by atoms with Crippen LogP contribution in [0.4, 0.5) is 0 Å². The highest BCUT2D eigenvalue weighted by atomic mass is 16.5. The normalized spacial score (nSPS) is 13.6. The fourth-order valence-corrected chi connectivity index (χ4v) is 5.11. The summed E-state index contributed by atoms with van der Waals surface area (Å²) in [6, 6.07) is -0.244. The first-order chi connectivity index (χ1) is 19.2. The summed E-state index contributed by atoms with van der Waals surface area (Å²) in [6.45, 7) is 5.80. The third-order valence-electron chi connectivity index (χ3n) is 7.90. The standard InChI is InChI=1S/C36H71NO2/c1-3-5-7-9-11-13-15-17-18-19-21-23-25-27-29-31-33-39-34-35(37)36(38)32-30-28-26-24-22-20-16-14-12-10-8-6-4-2/h11,13,17-18,35-36,38H,3-10,12,14-16,19-34,37H2,1-2H3/b13-11-,18-17-. The van der Waals surface area contributed by atoms with Gasteiger partial charge in [0.25, 0.3) is 0 Å². The summed E-state index contributed by atoms with van der Waals surface area (Å²) in [5.41, 5.74) is 6.15. The topological polar surface area (TPSA) is 55.5 Å². The summed E-state index contributed by atoms with van der Waals surface area (Å²) >= 11 is 0. The van der Waals surface area contributed by atoms with E-state index in [1.54, 1.807) is 0 Å². The quantitative estimate of drug-likeness (QED) is 0.0648. The van der Waals surface area contributed by atoms with E-state index in [4.69, 9.17) is 10.5 Å². The molecule has 3 nitrogen and oxygen atoms in total. The van der Waals surface area contributed by atoms with E-state index in [9.17, 15) is 5.11 Å². The molecule has 0 radical (unpaired) electrons. The number of ether oxygens (including phenoxy) is 1. The summed E-state index contributed by atoms with van der Waals surface area (Å²) in [7, 11) is 0. The monoisotopic (exact) mass is 550 g/mol. The molecular formula is C36H71NO2. The van der Waals surface area contributed by atoms with Crippen LogP contribution in [-0.2, 0) is 4.74 Å². The first-order valence-corrected chi connectivity index (χ1v) is 17.5. The first-order valence-electron chi connectivity index (χ1n) is 17.5. The van der Waals surface area contributed by atoms with Crippen molar-refractivity contribution < 1.29 is 9.84 Å². The highest BCUT2D eigenvalue weighted by Gasteiger charge is 2.14. The molecule has 2 atom stereocenters. The Bertz CT molecular complexity index is 504. The zero-order chi connectivity index (χ0) is 28.5. The number of allylic oxidation sites excluding steroid dienone is 4. The number of aliphatic hydroxyl groups excluding tert-OH is 1. The van der Waals surface area contributed by atoms with Gasteiger partial charge in [-0.15, -0.1) is 0 Å². The van der Waals surface area contributed by atoms with Crippen molar-refractivity contribution in [3.8, 4) is 0 Å². The molecule has 2 unspecified atom stereocenters. The molecule has 232 valence electrons. The van der Waals surface area contributed by atoms with Crippen LogP contribution in [0.15, 0.2) is 24.3 Å². The van der Waals surface area contributed by atoms with Crippen molar-refractivity contribution in [2.24, 2.45) is 5.73 Å². The van der Waals surface area contributed by atoms with Crippen molar-refractivity contribution in [1.29, 1.82) is 0 Å². The average molecular weight is 550 g/mol. The molecule has 0 saturated heterocycles. The smallest absolute Gasteiger partial charge is 0.0713 e. The molecule has 0 saturated carbocycles. The van der Waals surface area contributed by atoms with Gasteiger partial charge in [-0.25, -0.2) is 0 Å². The Hall–Kier alpha value is -0.640. The van der Waals surface area contributed by atoms with Crippen LogP contribution < -0.4 is 5.73 Å². The Morgan fingerprint density at radius 1 is 0.538 bits per heavy atom. The summed E-state index contributed by atoms with van der Waals surface area (Å²) in [4.78, 5) is 0. The second-order valence-corrected chi connectivity index (χ2v) is 11.9. The maximum atomic E-state index is 10.3. The Labute approximate surface area is 245 Å². The van der Waals surface area contributed by atoms with E-state index in [1.807, 2.05) is 0 Å². The number of nitrogens with two attached hydrogens (primary N) is 1. The van der Waals surface area contributed by atoms with Crippen LogP contribution in [0, 0.1) is 0 Å². The van der Waals surface area contributed by atoms with Crippen molar-refractivity contribution in [1.82, 2.24) is 0 Å². The largest absolute Gasteiger partial charge is 0.391 e. The van der Waals surface area contributed by atoms with Gasteiger partial charge in [-0.05, 0) is 44.9 Å². The van der Waals surface area contributed by atoms with E-state index in [1.165, 1.54) is 141 Å². The second-order valence-electron chi connectivity index (χ2n) is 11.9. The zero-order valence-corrected chi connectivity index (χ0v) is 26.7. The van der Waals surface area contributed by atoms with Crippen molar-refractivity contribution in [2.45, 2.75) is 193 Å². The Morgan fingerprint density at radius 3 is 1.49 bits per heavy atom. The molecule has 0 aliphatic heterocycles. The summed E-state index contributed by atoms with van der Waals surface area (Å²) in [5, 5.41) is 10.3. The van der Waals surface area contributed by atoms with E-state index in [0.717, 1.165) is 32.3 Å². The van der Waals surface area contributed by atoms with Crippen LogP contribution in [0.5, 0.6) is 0 Å². The molecule has 0 amide bonds. The van der Waals surface area contributed by atoms with E-state index in [2.05, 4.69) is 38.2 Å². The van der Waals surface area contributed by atoms with Crippen LogP contribution in [0.2, 0.25) is 0 Å². The molecule has 0 aromatic carbocycles. The molecule has 0 fully saturated rings. The van der Waals surface area contributed by atoms with E-state index >= 15 is 0 Å². The Kier molecular flexibility index (Phi) is 33.0. The minimum absolute atomic E-state index is 0.244. The Morgan fingerprint density at radius 2 is 0.949 bits per heavy atom.